The second kappa shape index (κ2) is 17.0. The van der Waals surface area contributed by atoms with Crippen LogP contribution in [-0.4, -0.2) is 114 Å². The fourth-order valence-corrected chi connectivity index (χ4v) is 10.2. The number of amides is 3. The van der Waals surface area contributed by atoms with Gasteiger partial charge in [-0.2, -0.15) is 10.2 Å². The number of anilines is 2. The number of halogens is 2. The number of para-hydroxylation sites is 1. The molecule has 5 aliphatic rings. The maximum absolute atomic E-state index is 14.3. The molecule has 4 aliphatic heterocycles. The third-order valence-electron chi connectivity index (χ3n) is 13.5. The van der Waals surface area contributed by atoms with Gasteiger partial charge in [-0.25, -0.2) is 23.1 Å². The van der Waals surface area contributed by atoms with Crippen LogP contribution in [0.4, 0.5) is 20.3 Å². The smallest absolute Gasteiger partial charge is 0.329 e. The standard InChI is InChI=1S/C44H49F2N11O6/c1-52-39-27(4-2-6-34(39)57(44(52)61)35-11-12-37(58)50-43(35)60)5-3-19-62-30-13-16-53(17-14-30)22-26-7-9-28(10-8-26)56-24-33(38(51-56)40(45)46)48-42(59)32-21-47-55-18-15-36(49-41(32)55)54-23-31-20-29(54)25-63-31/h2,4,6,15,18,21,24,26,28-31,35,40H,7-14,16-17,19-20,22-23,25H2,1H3,(H,48,59)(H,50,58,60)/t26?,28?,29-,31?,35?/m0/s1. The molecule has 2 N–H and O–H groups in total. The summed E-state index contributed by atoms with van der Waals surface area (Å²) in [6.45, 7) is 4.40. The van der Waals surface area contributed by atoms with E-state index in [2.05, 4.69) is 42.5 Å². The van der Waals surface area contributed by atoms with Gasteiger partial charge in [-0.3, -0.25) is 33.5 Å². The number of nitrogens with one attached hydrogen (secondary N) is 2. The molecule has 19 heteroatoms. The third-order valence-corrected chi connectivity index (χ3v) is 13.5. The van der Waals surface area contributed by atoms with Crippen molar-refractivity contribution in [1.29, 1.82) is 0 Å². The number of morpholine rings is 1. The fourth-order valence-electron chi connectivity index (χ4n) is 10.2. The van der Waals surface area contributed by atoms with Crippen LogP contribution in [0.15, 0.2) is 47.7 Å². The van der Waals surface area contributed by atoms with Gasteiger partial charge in [0.1, 0.15) is 24.0 Å². The number of imidazole rings is 1. The highest BCUT2D eigenvalue weighted by molar-refractivity contribution is 6.08. The molecule has 1 aliphatic carbocycles. The lowest BCUT2D eigenvalue weighted by molar-refractivity contribution is -0.135. The van der Waals surface area contributed by atoms with E-state index in [1.807, 2.05) is 18.2 Å². The third kappa shape index (κ3) is 8.00. The average molecular weight is 866 g/mol. The van der Waals surface area contributed by atoms with Crippen LogP contribution in [0.2, 0.25) is 0 Å². The number of fused-ring (bicyclic) bond motifs is 4. The van der Waals surface area contributed by atoms with Crippen molar-refractivity contribution in [3.63, 3.8) is 0 Å². The van der Waals surface area contributed by atoms with Crippen molar-refractivity contribution in [2.45, 2.75) is 94.5 Å². The molecular weight excluding hydrogens is 817 g/mol. The number of rotatable bonds is 10. The Hall–Kier alpha value is -5.97. The largest absolute Gasteiger partial charge is 0.374 e. The number of imide groups is 1. The van der Waals surface area contributed by atoms with E-state index in [4.69, 9.17) is 14.5 Å². The molecule has 17 nitrogen and oxygen atoms in total. The second-order valence-electron chi connectivity index (χ2n) is 17.4. The SMILES string of the molecule is Cn1c(=O)n(C2CCC(=O)NC2=O)c2cccc(C#CCOC3CCN(CC4CCC(n5cc(NC(=O)c6cnn7ccc(N8CC9C[C@H]8CO9)nc67)c(C(F)F)n5)CC4)CC3)c21. The van der Waals surface area contributed by atoms with E-state index in [0.29, 0.717) is 34.8 Å². The first-order chi connectivity index (χ1) is 30.6. The summed E-state index contributed by atoms with van der Waals surface area (Å²) >= 11 is 0. The van der Waals surface area contributed by atoms with E-state index in [1.165, 1.54) is 26.0 Å². The maximum atomic E-state index is 14.3. The number of aromatic nitrogens is 7. The molecule has 3 amide bonds. The van der Waals surface area contributed by atoms with Gasteiger partial charge >= 0.3 is 5.69 Å². The molecule has 8 heterocycles. The second-order valence-corrected chi connectivity index (χ2v) is 17.4. The summed E-state index contributed by atoms with van der Waals surface area (Å²) in [5, 5.41) is 13.6. The molecule has 4 aromatic heterocycles. The number of hydrogen-bond donors (Lipinski definition) is 2. The molecule has 1 saturated carbocycles. The number of piperidine rings is 2. The number of carbonyl (C=O) groups is 3. The monoisotopic (exact) mass is 865 g/mol. The zero-order chi connectivity index (χ0) is 43.4. The van der Waals surface area contributed by atoms with E-state index >= 15 is 0 Å². The van der Waals surface area contributed by atoms with Gasteiger partial charge in [0.2, 0.25) is 11.8 Å². The minimum Gasteiger partial charge on any atom is -0.374 e. The number of hydrogen-bond acceptors (Lipinski definition) is 11. The molecule has 0 spiro atoms. The highest BCUT2D eigenvalue weighted by Crippen LogP contribution is 2.36. The molecule has 4 saturated heterocycles. The van der Waals surface area contributed by atoms with Gasteiger partial charge in [-0.05, 0) is 75.5 Å². The summed E-state index contributed by atoms with van der Waals surface area (Å²) < 4.78 is 46.5. The Labute approximate surface area is 360 Å². The Morgan fingerprint density at radius 3 is 2.63 bits per heavy atom. The number of carbonyl (C=O) groups excluding carboxylic acids is 3. The number of aryl methyl sites for hydroxylation is 1. The first-order valence-corrected chi connectivity index (χ1v) is 21.9. The predicted octanol–water partition coefficient (Wildman–Crippen LogP) is 3.99. The summed E-state index contributed by atoms with van der Waals surface area (Å²) in [7, 11) is 1.66. The van der Waals surface area contributed by atoms with E-state index in [-0.39, 0.29) is 66.6 Å². The van der Waals surface area contributed by atoms with E-state index < -0.39 is 30.0 Å². The number of alkyl halides is 2. The minimum atomic E-state index is -2.86. The quantitative estimate of drug-likeness (QED) is 0.154. The summed E-state index contributed by atoms with van der Waals surface area (Å²) in [5.74, 6) is 6.11. The molecule has 0 radical (unpaired) electrons. The van der Waals surface area contributed by atoms with Gasteiger partial charge < -0.3 is 24.6 Å². The predicted molar refractivity (Wildman–Crippen MR) is 226 cm³/mol. The summed E-state index contributed by atoms with van der Waals surface area (Å²) in [5.41, 5.74) is 1.62. The number of nitrogens with zero attached hydrogens (tertiary/aromatic N) is 9. The highest BCUT2D eigenvalue weighted by atomic mass is 19.3. The van der Waals surface area contributed by atoms with Crippen molar-refractivity contribution in [3.05, 3.63) is 70.2 Å². The minimum absolute atomic E-state index is 0.0104. The lowest BCUT2D eigenvalue weighted by atomic mass is 9.85. The van der Waals surface area contributed by atoms with Gasteiger partial charge in [-0.15, -0.1) is 0 Å². The van der Waals surface area contributed by atoms with E-state index in [1.54, 1.807) is 24.0 Å². The zero-order valence-corrected chi connectivity index (χ0v) is 34.9. The van der Waals surface area contributed by atoms with Crippen LogP contribution in [-0.2, 0) is 26.1 Å². The van der Waals surface area contributed by atoms with Crippen LogP contribution in [0.1, 0.15) is 97.9 Å². The topological polar surface area (TPSA) is 175 Å². The van der Waals surface area contributed by atoms with Crippen molar-refractivity contribution in [1.82, 2.24) is 43.7 Å². The van der Waals surface area contributed by atoms with Gasteiger partial charge in [0.25, 0.3) is 12.3 Å². The van der Waals surface area contributed by atoms with Crippen molar-refractivity contribution in [2.24, 2.45) is 13.0 Å². The zero-order valence-electron chi connectivity index (χ0n) is 34.9. The summed E-state index contributed by atoms with van der Waals surface area (Å²) in [6, 6.07) is 6.73. The Balaban J connectivity index is 0.700. The fraction of sp³-hybridized carbons (Fsp3) is 0.523. The molecule has 63 heavy (non-hydrogen) atoms. The molecule has 330 valence electrons. The Kier molecular flexibility index (Phi) is 11.1. The van der Waals surface area contributed by atoms with Crippen molar-refractivity contribution >= 4 is 45.9 Å². The molecule has 5 aromatic rings. The Morgan fingerprint density at radius 1 is 1.06 bits per heavy atom. The van der Waals surface area contributed by atoms with Crippen LogP contribution in [0.3, 0.4) is 0 Å². The number of likely N-dealkylation sites (tertiary alicyclic amines) is 1. The molecule has 2 unspecified atom stereocenters. The van der Waals surface area contributed by atoms with Crippen molar-refractivity contribution in [3.8, 4) is 11.8 Å². The first-order valence-electron chi connectivity index (χ1n) is 21.9. The van der Waals surface area contributed by atoms with E-state index in [0.717, 1.165) is 76.9 Å². The average Bonchev–Trinajstić information content (AvgIpc) is 4.13. The molecule has 3 atom stereocenters. The van der Waals surface area contributed by atoms with Crippen LogP contribution >= 0.6 is 0 Å². The molecule has 5 fully saturated rings. The Morgan fingerprint density at radius 2 is 1.89 bits per heavy atom. The molecule has 1 aromatic carbocycles. The first kappa shape index (κ1) is 41.1. The van der Waals surface area contributed by atoms with Gasteiger partial charge in [-0.1, -0.05) is 17.9 Å². The molecular formula is C44H49F2N11O6. The number of benzene rings is 1. The van der Waals surface area contributed by atoms with Crippen molar-refractivity contribution < 1.29 is 32.6 Å². The lowest BCUT2D eigenvalue weighted by Crippen LogP contribution is -2.44. The number of ether oxygens (including phenoxy) is 2. The van der Waals surface area contributed by atoms with Gasteiger partial charge in [0.05, 0.1) is 59.4 Å². The van der Waals surface area contributed by atoms with Crippen LogP contribution in [0.25, 0.3) is 16.7 Å². The summed E-state index contributed by atoms with van der Waals surface area (Å²) in [6.07, 6.45) is 8.73. The lowest BCUT2D eigenvalue weighted by Gasteiger charge is -2.36. The van der Waals surface area contributed by atoms with Crippen LogP contribution < -0.4 is 21.2 Å². The van der Waals surface area contributed by atoms with Crippen LogP contribution in [0, 0.1) is 17.8 Å². The van der Waals surface area contributed by atoms with Crippen molar-refractivity contribution in [2.75, 3.05) is 49.6 Å². The Bertz CT molecular complexity index is 2700. The normalized spacial score (nSPS) is 24.4. The molecule has 2 bridgehead atoms. The van der Waals surface area contributed by atoms with Gasteiger partial charge in [0, 0.05) is 52.0 Å². The van der Waals surface area contributed by atoms with Gasteiger partial charge in [0.15, 0.2) is 11.3 Å². The summed E-state index contributed by atoms with van der Waals surface area (Å²) in [4.78, 5) is 60.5. The highest BCUT2D eigenvalue weighted by Gasteiger charge is 2.40. The maximum Gasteiger partial charge on any atom is 0.329 e. The van der Waals surface area contributed by atoms with Crippen LogP contribution in [0.5, 0.6) is 0 Å². The van der Waals surface area contributed by atoms with E-state index in [9.17, 15) is 28.0 Å². The molecule has 10 rings (SSSR count).